The van der Waals surface area contributed by atoms with Crippen LogP contribution in [0, 0.1) is 0 Å². The van der Waals surface area contributed by atoms with Gasteiger partial charge in [0.25, 0.3) is 0 Å². The van der Waals surface area contributed by atoms with E-state index in [2.05, 4.69) is 26.8 Å². The van der Waals surface area contributed by atoms with Gasteiger partial charge < -0.3 is 9.47 Å². The van der Waals surface area contributed by atoms with Crippen LogP contribution in [0.4, 0.5) is 0 Å². The first-order chi connectivity index (χ1) is 10.3. The largest absolute Gasteiger partial charge is 0.346 e. The van der Waals surface area contributed by atoms with E-state index in [0.29, 0.717) is 5.02 Å². The van der Waals surface area contributed by atoms with Crippen molar-refractivity contribution in [1.82, 2.24) is 0 Å². The zero-order valence-corrected chi connectivity index (χ0v) is 14.6. The van der Waals surface area contributed by atoms with Crippen LogP contribution in [-0.4, -0.2) is 14.2 Å². The Morgan fingerprint density at radius 1 is 0.818 bits per heavy atom. The van der Waals surface area contributed by atoms with Crippen molar-refractivity contribution in [2.24, 2.45) is 0 Å². The van der Waals surface area contributed by atoms with Gasteiger partial charge in [0.1, 0.15) is 0 Å². The SMILES string of the molecule is COC(OC)(c1ccccc1)c1cc(C(C)(C)C)ccc1Cl. The minimum Gasteiger partial charge on any atom is -0.346 e. The third-order valence-electron chi connectivity index (χ3n) is 3.92. The molecule has 2 aromatic carbocycles. The van der Waals surface area contributed by atoms with E-state index < -0.39 is 5.79 Å². The molecule has 0 N–H and O–H groups in total. The van der Waals surface area contributed by atoms with Gasteiger partial charge in [-0.3, -0.25) is 0 Å². The first-order valence-electron chi connectivity index (χ1n) is 7.31. The highest BCUT2D eigenvalue weighted by Crippen LogP contribution is 2.39. The zero-order valence-electron chi connectivity index (χ0n) is 13.8. The second-order valence-electron chi connectivity index (χ2n) is 6.34. The summed E-state index contributed by atoms with van der Waals surface area (Å²) in [5.74, 6) is -1.01. The first-order valence-corrected chi connectivity index (χ1v) is 7.69. The second-order valence-corrected chi connectivity index (χ2v) is 6.74. The van der Waals surface area contributed by atoms with Crippen LogP contribution in [0.1, 0.15) is 37.5 Å². The molecule has 22 heavy (non-hydrogen) atoms. The van der Waals surface area contributed by atoms with Gasteiger partial charge in [-0.15, -0.1) is 0 Å². The summed E-state index contributed by atoms with van der Waals surface area (Å²) >= 11 is 6.48. The van der Waals surface area contributed by atoms with Crippen LogP contribution in [0.3, 0.4) is 0 Å². The summed E-state index contributed by atoms with van der Waals surface area (Å²) in [6.07, 6.45) is 0. The third kappa shape index (κ3) is 3.05. The molecule has 0 spiro atoms. The van der Waals surface area contributed by atoms with Crippen LogP contribution < -0.4 is 0 Å². The second kappa shape index (κ2) is 6.41. The number of ether oxygens (including phenoxy) is 2. The van der Waals surface area contributed by atoms with Crippen LogP contribution in [0.5, 0.6) is 0 Å². The van der Waals surface area contributed by atoms with E-state index in [9.17, 15) is 0 Å². The molecule has 0 aliphatic carbocycles. The lowest BCUT2D eigenvalue weighted by Gasteiger charge is -2.33. The van der Waals surface area contributed by atoms with E-state index >= 15 is 0 Å². The molecule has 0 aliphatic heterocycles. The Balaban J connectivity index is 2.68. The van der Waals surface area contributed by atoms with Crippen molar-refractivity contribution in [2.75, 3.05) is 14.2 Å². The third-order valence-corrected chi connectivity index (χ3v) is 4.25. The van der Waals surface area contributed by atoms with Gasteiger partial charge in [-0.05, 0) is 23.1 Å². The Kier molecular flexibility index (Phi) is 4.96. The Hall–Kier alpha value is -1.35. The number of benzene rings is 2. The molecule has 0 radical (unpaired) electrons. The molecule has 0 saturated heterocycles. The Morgan fingerprint density at radius 3 is 1.91 bits per heavy atom. The molecule has 0 heterocycles. The van der Waals surface area contributed by atoms with Crippen LogP contribution in [-0.2, 0) is 20.7 Å². The van der Waals surface area contributed by atoms with Gasteiger partial charge in [-0.1, -0.05) is 68.8 Å². The van der Waals surface area contributed by atoms with E-state index in [1.165, 1.54) is 5.56 Å². The van der Waals surface area contributed by atoms with Crippen molar-refractivity contribution >= 4 is 11.6 Å². The average Bonchev–Trinajstić information content (AvgIpc) is 2.50. The minimum atomic E-state index is -1.01. The summed E-state index contributed by atoms with van der Waals surface area (Å²) in [5, 5.41) is 0.626. The lowest BCUT2D eigenvalue weighted by Crippen LogP contribution is -2.33. The van der Waals surface area contributed by atoms with Crippen molar-refractivity contribution in [3.8, 4) is 0 Å². The van der Waals surface area contributed by atoms with Crippen molar-refractivity contribution in [2.45, 2.75) is 32.0 Å². The summed E-state index contributed by atoms with van der Waals surface area (Å²) in [6.45, 7) is 6.51. The number of hydrogen-bond donors (Lipinski definition) is 0. The summed E-state index contributed by atoms with van der Waals surface area (Å²) < 4.78 is 11.6. The number of hydrogen-bond acceptors (Lipinski definition) is 2. The molecule has 0 bridgehead atoms. The molecule has 0 fully saturated rings. The summed E-state index contributed by atoms with van der Waals surface area (Å²) in [6, 6.07) is 15.9. The molecule has 0 saturated carbocycles. The molecule has 0 atom stereocenters. The van der Waals surface area contributed by atoms with Crippen LogP contribution in [0.15, 0.2) is 48.5 Å². The Morgan fingerprint density at radius 2 is 1.41 bits per heavy atom. The van der Waals surface area contributed by atoms with Gasteiger partial charge >= 0.3 is 0 Å². The number of halogens is 1. The lowest BCUT2D eigenvalue weighted by molar-refractivity contribution is -0.183. The van der Waals surface area contributed by atoms with Gasteiger partial charge in [0.15, 0.2) is 0 Å². The van der Waals surface area contributed by atoms with Gasteiger partial charge in [0, 0.05) is 30.4 Å². The molecule has 0 amide bonds. The molecular formula is C19H23ClO2. The van der Waals surface area contributed by atoms with Crippen LogP contribution in [0.25, 0.3) is 0 Å². The summed E-state index contributed by atoms with van der Waals surface area (Å²) in [7, 11) is 3.27. The molecule has 0 unspecified atom stereocenters. The smallest absolute Gasteiger partial charge is 0.223 e. The molecule has 0 aliphatic rings. The van der Waals surface area contributed by atoms with Gasteiger partial charge in [0.05, 0.1) is 0 Å². The predicted molar refractivity (Wildman–Crippen MR) is 91.4 cm³/mol. The summed E-state index contributed by atoms with van der Waals surface area (Å²) in [5.41, 5.74) is 2.93. The highest BCUT2D eigenvalue weighted by Gasteiger charge is 2.37. The topological polar surface area (TPSA) is 18.5 Å². The molecule has 118 valence electrons. The van der Waals surface area contributed by atoms with Crippen LogP contribution in [0.2, 0.25) is 5.02 Å². The summed E-state index contributed by atoms with van der Waals surface area (Å²) in [4.78, 5) is 0. The van der Waals surface area contributed by atoms with Crippen molar-refractivity contribution in [3.63, 3.8) is 0 Å². The van der Waals surface area contributed by atoms with E-state index in [0.717, 1.165) is 11.1 Å². The standard InChI is InChI=1S/C19H23ClO2/c1-18(2,3)15-11-12-17(20)16(13-15)19(21-4,22-5)14-9-7-6-8-10-14/h6-13H,1-5H3. The highest BCUT2D eigenvalue weighted by molar-refractivity contribution is 6.31. The Bertz CT molecular complexity index is 626. The predicted octanol–water partition coefficient (Wildman–Crippen LogP) is 5.13. The quantitative estimate of drug-likeness (QED) is 0.727. The van der Waals surface area contributed by atoms with Gasteiger partial charge in [-0.25, -0.2) is 0 Å². The van der Waals surface area contributed by atoms with Crippen molar-refractivity contribution < 1.29 is 9.47 Å². The first kappa shape index (κ1) is 17.0. The Labute approximate surface area is 138 Å². The highest BCUT2D eigenvalue weighted by atomic mass is 35.5. The maximum absolute atomic E-state index is 6.48. The monoisotopic (exact) mass is 318 g/mol. The lowest BCUT2D eigenvalue weighted by atomic mass is 9.84. The maximum Gasteiger partial charge on any atom is 0.223 e. The van der Waals surface area contributed by atoms with E-state index in [1.54, 1.807) is 14.2 Å². The molecule has 3 heteroatoms. The van der Waals surface area contributed by atoms with Gasteiger partial charge in [0.2, 0.25) is 5.79 Å². The average molecular weight is 319 g/mol. The fourth-order valence-electron chi connectivity index (χ4n) is 2.60. The number of methoxy groups -OCH3 is 2. The normalized spacial score (nSPS) is 12.5. The van der Waals surface area contributed by atoms with E-state index in [4.69, 9.17) is 21.1 Å². The zero-order chi connectivity index (χ0) is 16.4. The number of rotatable bonds is 4. The molecule has 0 aromatic heterocycles. The molecule has 2 rings (SSSR count). The molecular weight excluding hydrogens is 296 g/mol. The fraction of sp³-hybridized carbons (Fsp3) is 0.368. The fourth-order valence-corrected chi connectivity index (χ4v) is 2.84. The molecule has 2 aromatic rings. The van der Waals surface area contributed by atoms with Crippen molar-refractivity contribution in [1.29, 1.82) is 0 Å². The maximum atomic E-state index is 6.48. The molecule has 2 nitrogen and oxygen atoms in total. The van der Waals surface area contributed by atoms with E-state index in [1.807, 2.05) is 42.5 Å². The van der Waals surface area contributed by atoms with E-state index in [-0.39, 0.29) is 5.41 Å². The van der Waals surface area contributed by atoms with Crippen LogP contribution >= 0.6 is 11.6 Å². The van der Waals surface area contributed by atoms with Gasteiger partial charge in [-0.2, -0.15) is 0 Å². The van der Waals surface area contributed by atoms with Crippen molar-refractivity contribution in [3.05, 3.63) is 70.2 Å². The minimum absolute atomic E-state index is 0.0171.